The lowest BCUT2D eigenvalue weighted by molar-refractivity contribution is 0.0683. The van der Waals surface area contributed by atoms with E-state index in [4.69, 9.17) is 11.6 Å². The largest absolute Gasteiger partial charge is 0.393 e. The van der Waals surface area contributed by atoms with Gasteiger partial charge in [0.15, 0.2) is 27.3 Å². The first-order valence-corrected chi connectivity index (χ1v) is 12.2. The molecule has 2 aliphatic rings. The molecule has 0 radical (unpaired) electrons. The van der Waals surface area contributed by atoms with Gasteiger partial charge in [-0.25, -0.2) is 21.6 Å². The molecule has 0 saturated heterocycles. The highest BCUT2D eigenvalue weighted by Crippen LogP contribution is 2.48. The van der Waals surface area contributed by atoms with Crippen LogP contribution in [0.2, 0.25) is 5.02 Å². The number of sulfone groups is 1. The Morgan fingerprint density at radius 3 is 2.25 bits per heavy atom. The molecular weight excluding hydrogens is 467 g/mol. The molecule has 2 atom stereocenters. The molecule has 2 unspecified atom stereocenters. The van der Waals surface area contributed by atoms with Crippen LogP contribution in [0.5, 0.6) is 0 Å². The van der Waals surface area contributed by atoms with E-state index >= 15 is 0 Å². The highest BCUT2D eigenvalue weighted by molar-refractivity contribution is 7.91. The van der Waals surface area contributed by atoms with E-state index in [0.29, 0.717) is 25.0 Å². The predicted octanol–water partition coefficient (Wildman–Crippen LogP) is 4.58. The average molecular weight is 488 g/mol. The molecule has 2 aromatic rings. The number of benzene rings is 2. The Kier molecular flexibility index (Phi) is 6.26. The molecule has 5 nitrogen and oxygen atoms in total. The van der Waals surface area contributed by atoms with E-state index in [2.05, 4.69) is 5.32 Å². The fraction of sp³-hybridized carbons (Fsp3) is 0.409. The number of fused-ring (bicyclic) bond motifs is 2. The first-order valence-electron chi connectivity index (χ1n) is 10.2. The smallest absolute Gasteiger partial charge is 0.255 e. The molecule has 2 aromatic carbocycles. The summed E-state index contributed by atoms with van der Waals surface area (Å²) in [5, 5.41) is 12.1. The summed E-state index contributed by atoms with van der Waals surface area (Å²) in [4.78, 5) is 12.3. The van der Waals surface area contributed by atoms with Crippen molar-refractivity contribution in [2.45, 2.75) is 36.7 Å². The summed E-state index contributed by atoms with van der Waals surface area (Å²) >= 11 is 6.14. The second-order valence-electron chi connectivity index (χ2n) is 8.52. The van der Waals surface area contributed by atoms with Gasteiger partial charge in [-0.2, -0.15) is 0 Å². The SMILES string of the molecule is O=C(Nc1cc(F)c(F)c(F)c1)c1ccc(Cl)c(S(=O)(=O)CC2C3CCC2CC(O)C3)c1. The van der Waals surface area contributed by atoms with Gasteiger partial charge in [-0.15, -0.1) is 0 Å². The number of aliphatic hydroxyl groups is 1. The van der Waals surface area contributed by atoms with Crippen LogP contribution in [0.3, 0.4) is 0 Å². The van der Waals surface area contributed by atoms with Gasteiger partial charge < -0.3 is 10.4 Å². The van der Waals surface area contributed by atoms with Crippen LogP contribution in [0.4, 0.5) is 18.9 Å². The van der Waals surface area contributed by atoms with Gasteiger partial charge >= 0.3 is 0 Å². The third-order valence-corrected chi connectivity index (χ3v) is 8.72. The lowest BCUT2D eigenvalue weighted by atomic mass is 9.78. The topological polar surface area (TPSA) is 83.5 Å². The van der Waals surface area contributed by atoms with Gasteiger partial charge in [-0.1, -0.05) is 11.6 Å². The number of rotatable bonds is 5. The zero-order chi connectivity index (χ0) is 23.2. The maximum absolute atomic E-state index is 13.4. The van der Waals surface area contributed by atoms with Crippen molar-refractivity contribution in [2.24, 2.45) is 17.8 Å². The first-order chi connectivity index (χ1) is 15.0. The van der Waals surface area contributed by atoms with Crippen LogP contribution in [0.15, 0.2) is 35.2 Å². The van der Waals surface area contributed by atoms with Crippen LogP contribution in [0.25, 0.3) is 0 Å². The van der Waals surface area contributed by atoms with Crippen LogP contribution in [0, 0.1) is 35.2 Å². The number of amides is 1. The maximum Gasteiger partial charge on any atom is 0.255 e. The number of halogens is 4. The number of nitrogens with one attached hydrogen (secondary N) is 1. The van der Waals surface area contributed by atoms with E-state index in [0.717, 1.165) is 18.9 Å². The molecule has 2 aliphatic carbocycles. The number of aliphatic hydroxyl groups excluding tert-OH is 1. The molecular formula is C22H21ClF3NO4S. The van der Waals surface area contributed by atoms with Crippen molar-refractivity contribution in [1.82, 2.24) is 0 Å². The maximum atomic E-state index is 13.4. The molecule has 10 heteroatoms. The molecule has 32 heavy (non-hydrogen) atoms. The molecule has 0 aliphatic heterocycles. The molecule has 2 bridgehead atoms. The van der Waals surface area contributed by atoms with Crippen LogP contribution in [-0.2, 0) is 9.84 Å². The Morgan fingerprint density at radius 1 is 1.06 bits per heavy atom. The Labute approximate surface area is 188 Å². The van der Waals surface area contributed by atoms with Crippen molar-refractivity contribution >= 4 is 33.0 Å². The van der Waals surface area contributed by atoms with Crippen molar-refractivity contribution in [3.05, 3.63) is 58.4 Å². The third kappa shape index (κ3) is 4.51. The highest BCUT2D eigenvalue weighted by atomic mass is 35.5. The number of hydrogen-bond donors (Lipinski definition) is 2. The first kappa shape index (κ1) is 23.1. The number of anilines is 1. The second-order valence-corrected chi connectivity index (χ2v) is 10.9. The van der Waals surface area contributed by atoms with Gasteiger partial charge in [0.05, 0.1) is 21.8 Å². The predicted molar refractivity (Wildman–Crippen MR) is 113 cm³/mol. The average Bonchev–Trinajstić information content (AvgIpc) is 2.94. The summed E-state index contributed by atoms with van der Waals surface area (Å²) in [6.45, 7) is 0. The Balaban J connectivity index is 1.56. The lowest BCUT2D eigenvalue weighted by Crippen LogP contribution is -2.33. The van der Waals surface area contributed by atoms with Crippen molar-refractivity contribution in [1.29, 1.82) is 0 Å². The van der Waals surface area contributed by atoms with E-state index in [1.165, 1.54) is 12.1 Å². The van der Waals surface area contributed by atoms with Crippen LogP contribution < -0.4 is 5.32 Å². The van der Waals surface area contributed by atoms with Crippen LogP contribution in [0.1, 0.15) is 36.0 Å². The van der Waals surface area contributed by atoms with Gasteiger partial charge in [-0.3, -0.25) is 4.79 Å². The molecule has 0 spiro atoms. The van der Waals surface area contributed by atoms with Gasteiger partial charge in [0.1, 0.15) is 0 Å². The summed E-state index contributed by atoms with van der Waals surface area (Å²) in [5.74, 6) is -5.37. The van der Waals surface area contributed by atoms with Crippen molar-refractivity contribution in [2.75, 3.05) is 11.1 Å². The normalized spacial score (nSPS) is 25.0. The lowest BCUT2D eigenvalue weighted by Gasteiger charge is -2.32. The van der Waals surface area contributed by atoms with Crippen LogP contribution in [-0.4, -0.2) is 31.3 Å². The molecule has 2 saturated carbocycles. The Morgan fingerprint density at radius 2 is 1.66 bits per heavy atom. The quantitative estimate of drug-likeness (QED) is 0.605. The zero-order valence-electron chi connectivity index (χ0n) is 16.8. The van der Waals surface area contributed by atoms with Gasteiger partial charge in [0.25, 0.3) is 5.91 Å². The third-order valence-electron chi connectivity index (χ3n) is 6.45. The number of hydrogen-bond acceptors (Lipinski definition) is 4. The fourth-order valence-electron chi connectivity index (χ4n) is 4.95. The monoisotopic (exact) mass is 487 g/mol. The van der Waals surface area contributed by atoms with Crippen molar-refractivity contribution in [3.63, 3.8) is 0 Å². The Bertz CT molecular complexity index is 1140. The standard InChI is InChI=1S/C22H21ClF3NO4S/c23-17-4-3-13(22(29)27-14-8-18(24)21(26)19(25)9-14)7-20(17)32(30,31)10-16-11-1-2-12(16)6-15(28)5-11/h3-4,7-9,11-12,15-16,28H,1-2,5-6,10H2,(H,27,29). The minimum atomic E-state index is -3.84. The van der Waals surface area contributed by atoms with Gasteiger partial charge in [0, 0.05) is 23.4 Å². The molecule has 1 amide bonds. The molecule has 4 rings (SSSR count). The highest BCUT2D eigenvalue weighted by Gasteiger charge is 2.44. The summed E-state index contributed by atoms with van der Waals surface area (Å²) < 4.78 is 66.2. The van der Waals surface area contributed by atoms with Crippen molar-refractivity contribution < 1.29 is 31.5 Å². The summed E-state index contributed by atoms with van der Waals surface area (Å²) in [6.07, 6.45) is 2.52. The van der Waals surface area contributed by atoms with E-state index in [1.54, 1.807) is 0 Å². The van der Waals surface area contributed by atoms with E-state index in [9.17, 15) is 31.5 Å². The van der Waals surface area contributed by atoms with E-state index in [-0.39, 0.29) is 44.7 Å². The summed E-state index contributed by atoms with van der Waals surface area (Å²) in [5.41, 5.74) is -0.400. The summed E-state index contributed by atoms with van der Waals surface area (Å²) in [7, 11) is -3.84. The van der Waals surface area contributed by atoms with E-state index in [1.807, 2.05) is 0 Å². The molecule has 2 N–H and O–H groups in total. The Hall–Kier alpha value is -2.10. The van der Waals surface area contributed by atoms with Gasteiger partial charge in [0.2, 0.25) is 0 Å². The number of carbonyl (C=O) groups is 1. The number of carbonyl (C=O) groups excluding carboxylic acids is 1. The molecule has 2 fully saturated rings. The minimum absolute atomic E-state index is 0.0383. The summed E-state index contributed by atoms with van der Waals surface area (Å²) in [6, 6.07) is 4.93. The molecule has 0 heterocycles. The zero-order valence-corrected chi connectivity index (χ0v) is 18.4. The fourth-order valence-corrected chi connectivity index (χ4v) is 7.32. The minimum Gasteiger partial charge on any atom is -0.393 e. The molecule has 172 valence electrons. The van der Waals surface area contributed by atoms with Gasteiger partial charge in [-0.05, 0) is 61.6 Å². The second kappa shape index (κ2) is 8.68. The van der Waals surface area contributed by atoms with Crippen LogP contribution >= 0.6 is 11.6 Å². The van der Waals surface area contributed by atoms with E-state index < -0.39 is 39.3 Å². The van der Waals surface area contributed by atoms with Crippen molar-refractivity contribution in [3.8, 4) is 0 Å². The molecule has 0 aromatic heterocycles.